The lowest BCUT2D eigenvalue weighted by Gasteiger charge is -2.15. The summed E-state index contributed by atoms with van der Waals surface area (Å²) in [5, 5.41) is 5.09. The first kappa shape index (κ1) is 16.8. The highest BCUT2D eigenvalue weighted by Gasteiger charge is 2.22. The van der Waals surface area contributed by atoms with E-state index in [0.717, 1.165) is 52.3 Å². The zero-order valence-electron chi connectivity index (χ0n) is 15.2. The van der Waals surface area contributed by atoms with Gasteiger partial charge < -0.3 is 15.2 Å². The summed E-state index contributed by atoms with van der Waals surface area (Å²) >= 11 is 0. The van der Waals surface area contributed by atoms with Crippen LogP contribution in [-0.2, 0) is 6.42 Å². The van der Waals surface area contributed by atoms with Gasteiger partial charge in [0, 0.05) is 41.4 Å². The third-order valence-electron chi connectivity index (χ3n) is 5.13. The van der Waals surface area contributed by atoms with Crippen LogP contribution in [0.2, 0.25) is 0 Å². The van der Waals surface area contributed by atoms with Crippen LogP contribution in [0.5, 0.6) is 0 Å². The van der Waals surface area contributed by atoms with Crippen molar-refractivity contribution in [2.75, 3.05) is 27.2 Å². The van der Waals surface area contributed by atoms with Crippen molar-refractivity contribution in [3.8, 4) is 0 Å². The number of aromatic nitrogens is 1. The number of likely N-dealkylation sites (N-methyl/N-ethyl adjacent to an activating group) is 1. The Bertz CT molecular complexity index is 1020. The fourth-order valence-corrected chi connectivity index (χ4v) is 3.85. The molecule has 2 N–H and O–H groups in total. The molecule has 134 valence electrons. The largest absolute Gasteiger partial charge is 0.354 e. The molecule has 0 spiro atoms. The van der Waals surface area contributed by atoms with Gasteiger partial charge in [0.05, 0.1) is 11.1 Å². The van der Waals surface area contributed by atoms with Crippen molar-refractivity contribution in [1.29, 1.82) is 0 Å². The Morgan fingerprint density at radius 2 is 2.04 bits per heavy atom. The van der Waals surface area contributed by atoms with Crippen LogP contribution in [0.3, 0.4) is 0 Å². The van der Waals surface area contributed by atoms with E-state index in [2.05, 4.69) is 10.3 Å². The van der Waals surface area contributed by atoms with Gasteiger partial charge in [-0.3, -0.25) is 9.59 Å². The quantitative estimate of drug-likeness (QED) is 0.760. The average Bonchev–Trinajstić information content (AvgIpc) is 3.00. The molecule has 1 aliphatic carbocycles. The zero-order valence-corrected chi connectivity index (χ0v) is 15.2. The number of benzene rings is 2. The van der Waals surface area contributed by atoms with Crippen LogP contribution in [0, 0.1) is 0 Å². The molecule has 0 atom stereocenters. The lowest BCUT2D eigenvalue weighted by atomic mass is 9.87. The number of nitrogens with one attached hydrogen (secondary N) is 2. The van der Waals surface area contributed by atoms with E-state index in [1.165, 1.54) is 0 Å². The van der Waals surface area contributed by atoms with Gasteiger partial charge in [-0.25, -0.2) is 0 Å². The molecular formula is C21H23N3O2. The van der Waals surface area contributed by atoms with Gasteiger partial charge in [0.2, 0.25) is 0 Å². The number of aromatic amines is 1. The summed E-state index contributed by atoms with van der Waals surface area (Å²) < 4.78 is 0. The maximum Gasteiger partial charge on any atom is 0.253 e. The van der Waals surface area contributed by atoms with Gasteiger partial charge >= 0.3 is 0 Å². The molecule has 0 fully saturated rings. The van der Waals surface area contributed by atoms with Crippen LogP contribution in [0.4, 0.5) is 0 Å². The minimum Gasteiger partial charge on any atom is -0.354 e. The molecule has 5 heteroatoms. The van der Waals surface area contributed by atoms with Crippen LogP contribution in [-0.4, -0.2) is 48.8 Å². The van der Waals surface area contributed by atoms with Crippen LogP contribution in [0.15, 0.2) is 30.3 Å². The van der Waals surface area contributed by atoms with Gasteiger partial charge in [0.25, 0.3) is 5.91 Å². The van der Waals surface area contributed by atoms with E-state index in [0.29, 0.717) is 18.5 Å². The summed E-state index contributed by atoms with van der Waals surface area (Å²) in [7, 11) is 3.96. The molecule has 5 nitrogen and oxygen atoms in total. The second-order valence-electron chi connectivity index (χ2n) is 7.20. The number of hydrogen-bond donors (Lipinski definition) is 2. The topological polar surface area (TPSA) is 65.2 Å². The first-order valence-corrected chi connectivity index (χ1v) is 9.08. The summed E-state index contributed by atoms with van der Waals surface area (Å²) in [6.07, 6.45) is 2.42. The number of fused-ring (bicyclic) bond motifs is 5. The van der Waals surface area contributed by atoms with Gasteiger partial charge in [-0.1, -0.05) is 12.1 Å². The number of rotatable bonds is 4. The Kier molecular flexibility index (Phi) is 4.24. The molecule has 0 radical (unpaired) electrons. The Balaban J connectivity index is 1.81. The second-order valence-corrected chi connectivity index (χ2v) is 7.20. The minimum absolute atomic E-state index is 0.0750. The molecule has 4 rings (SSSR count). The van der Waals surface area contributed by atoms with E-state index in [9.17, 15) is 9.59 Å². The summed E-state index contributed by atoms with van der Waals surface area (Å²) in [6, 6.07) is 9.68. The van der Waals surface area contributed by atoms with Crippen molar-refractivity contribution in [3.63, 3.8) is 0 Å². The van der Waals surface area contributed by atoms with Crippen LogP contribution in [0.1, 0.15) is 39.1 Å². The second kappa shape index (κ2) is 6.57. The molecule has 1 amide bonds. The minimum atomic E-state index is -0.0750. The van der Waals surface area contributed by atoms with E-state index in [-0.39, 0.29) is 11.7 Å². The van der Waals surface area contributed by atoms with E-state index in [1.54, 1.807) is 0 Å². The number of para-hydroxylation sites is 1. The Labute approximate surface area is 152 Å². The number of carbonyl (C=O) groups is 2. The normalized spacial score (nSPS) is 14.2. The van der Waals surface area contributed by atoms with Crippen molar-refractivity contribution in [2.45, 2.75) is 19.3 Å². The number of aryl methyl sites for hydroxylation is 1. The number of amides is 1. The monoisotopic (exact) mass is 349 g/mol. The fraction of sp³-hybridized carbons (Fsp3) is 0.333. The highest BCUT2D eigenvalue weighted by atomic mass is 16.1. The molecule has 0 saturated carbocycles. The van der Waals surface area contributed by atoms with Gasteiger partial charge in [0.15, 0.2) is 5.78 Å². The Hall–Kier alpha value is -2.66. The van der Waals surface area contributed by atoms with Gasteiger partial charge in [-0.15, -0.1) is 0 Å². The number of hydrogen-bond acceptors (Lipinski definition) is 3. The standard InChI is InChI=1S/C21H23N3O2/c1-24(2)12-11-22-21(26)16-7-3-6-15-19-14-5-4-8-18(25)13(14)9-10-17(19)23-20(15)16/h3,6-7,9-10,23H,4-5,8,11-12H2,1-2H3,(H,22,26). The molecule has 2 aromatic carbocycles. The summed E-state index contributed by atoms with van der Waals surface area (Å²) in [5.41, 5.74) is 4.44. The first-order chi connectivity index (χ1) is 12.6. The molecule has 1 aromatic heterocycles. The summed E-state index contributed by atoms with van der Waals surface area (Å²) in [6.45, 7) is 1.40. The van der Waals surface area contributed by atoms with E-state index in [4.69, 9.17) is 0 Å². The predicted octanol–water partition coefficient (Wildman–Crippen LogP) is 3.13. The van der Waals surface area contributed by atoms with Crippen LogP contribution >= 0.6 is 0 Å². The summed E-state index contributed by atoms with van der Waals surface area (Å²) in [5.74, 6) is 0.147. The number of H-pyrrole nitrogens is 1. The highest BCUT2D eigenvalue weighted by Crippen LogP contribution is 2.35. The number of nitrogens with zero attached hydrogens (tertiary/aromatic N) is 1. The first-order valence-electron chi connectivity index (χ1n) is 9.08. The third kappa shape index (κ3) is 2.78. The highest BCUT2D eigenvalue weighted by molar-refractivity contribution is 6.18. The Morgan fingerprint density at radius 1 is 1.19 bits per heavy atom. The Morgan fingerprint density at radius 3 is 2.85 bits per heavy atom. The molecule has 3 aromatic rings. The zero-order chi connectivity index (χ0) is 18.3. The van der Waals surface area contributed by atoms with Crippen LogP contribution in [0.25, 0.3) is 21.8 Å². The molecule has 26 heavy (non-hydrogen) atoms. The van der Waals surface area contributed by atoms with Crippen molar-refractivity contribution in [2.24, 2.45) is 0 Å². The molecule has 0 bridgehead atoms. The van der Waals surface area contributed by atoms with E-state index >= 15 is 0 Å². The van der Waals surface area contributed by atoms with Crippen molar-refractivity contribution < 1.29 is 9.59 Å². The lowest BCUT2D eigenvalue weighted by Crippen LogP contribution is -2.31. The van der Waals surface area contributed by atoms with Crippen molar-refractivity contribution >= 4 is 33.5 Å². The molecule has 1 aliphatic rings. The maximum atomic E-state index is 12.7. The van der Waals surface area contributed by atoms with Crippen molar-refractivity contribution in [1.82, 2.24) is 15.2 Å². The molecular weight excluding hydrogens is 326 g/mol. The fourth-order valence-electron chi connectivity index (χ4n) is 3.85. The number of carbonyl (C=O) groups excluding carboxylic acids is 2. The number of ketones is 1. The lowest BCUT2D eigenvalue weighted by molar-refractivity contribution is 0.0949. The van der Waals surface area contributed by atoms with Gasteiger partial charge in [-0.2, -0.15) is 0 Å². The average molecular weight is 349 g/mol. The number of Topliss-reactive ketones (excluding diaryl/α,β-unsaturated/α-hetero) is 1. The predicted molar refractivity (Wildman–Crippen MR) is 104 cm³/mol. The van der Waals surface area contributed by atoms with Gasteiger partial charge in [-0.05, 0) is 50.7 Å². The molecule has 1 heterocycles. The van der Waals surface area contributed by atoms with Crippen LogP contribution < -0.4 is 5.32 Å². The third-order valence-corrected chi connectivity index (χ3v) is 5.13. The molecule has 0 unspecified atom stereocenters. The van der Waals surface area contributed by atoms with E-state index < -0.39 is 0 Å². The SMILES string of the molecule is CN(C)CCNC(=O)c1cccc2c1[nH]c1ccc3c(c12)CCCC3=O. The van der Waals surface area contributed by atoms with E-state index in [1.807, 2.05) is 49.3 Å². The maximum absolute atomic E-state index is 12.7. The molecule has 0 aliphatic heterocycles. The molecule has 0 saturated heterocycles. The van der Waals surface area contributed by atoms with Gasteiger partial charge in [0.1, 0.15) is 0 Å². The smallest absolute Gasteiger partial charge is 0.253 e. The van der Waals surface area contributed by atoms with Crippen molar-refractivity contribution in [3.05, 3.63) is 47.0 Å². The summed E-state index contributed by atoms with van der Waals surface area (Å²) in [4.78, 5) is 30.4.